The molecule has 0 bridgehead atoms. The van der Waals surface area contributed by atoms with Gasteiger partial charge in [0.25, 0.3) is 5.56 Å². The number of aromatic amines is 1. The quantitative estimate of drug-likeness (QED) is 0.762. The molecule has 0 amide bonds. The molecule has 1 fully saturated rings. The van der Waals surface area contributed by atoms with Gasteiger partial charge in [0.1, 0.15) is 5.02 Å². The third-order valence-electron chi connectivity index (χ3n) is 3.25. The molecule has 0 saturated heterocycles. The normalized spacial score (nSPS) is 24.6. The Morgan fingerprint density at radius 1 is 1.47 bits per heavy atom. The largest absolute Gasteiger partial charge is 0.368 e. The average molecular weight is 257 g/mol. The summed E-state index contributed by atoms with van der Waals surface area (Å²) in [7, 11) is 0. The summed E-state index contributed by atoms with van der Waals surface area (Å²) in [5.41, 5.74) is 5.54. The Hall–Kier alpha value is -1.07. The maximum absolute atomic E-state index is 11.2. The van der Waals surface area contributed by atoms with Gasteiger partial charge in [0, 0.05) is 12.6 Å². The average Bonchev–Trinajstić information content (AvgIpc) is 2.33. The highest BCUT2D eigenvalue weighted by atomic mass is 35.5. The minimum atomic E-state index is -0.310. The fraction of sp³-hybridized carbons (Fsp3) is 0.636. The van der Waals surface area contributed by atoms with E-state index in [1.165, 1.54) is 6.33 Å². The second-order valence-electron chi connectivity index (χ2n) is 4.56. The summed E-state index contributed by atoms with van der Waals surface area (Å²) in [6, 6.07) is 0.354. The molecule has 0 aliphatic heterocycles. The third-order valence-corrected chi connectivity index (χ3v) is 3.60. The van der Waals surface area contributed by atoms with Crippen molar-refractivity contribution in [1.82, 2.24) is 9.97 Å². The van der Waals surface area contributed by atoms with Gasteiger partial charge in [-0.3, -0.25) is 4.79 Å². The monoisotopic (exact) mass is 256 g/mol. The van der Waals surface area contributed by atoms with E-state index in [4.69, 9.17) is 17.3 Å². The van der Waals surface area contributed by atoms with Gasteiger partial charge in [0.2, 0.25) is 0 Å². The van der Waals surface area contributed by atoms with Crippen molar-refractivity contribution >= 4 is 17.4 Å². The minimum Gasteiger partial charge on any atom is -0.368 e. The predicted octanol–water partition coefficient (Wildman–Crippen LogP) is 1.35. The number of anilines is 1. The number of hydrogen-bond donors (Lipinski definition) is 3. The first-order chi connectivity index (χ1) is 8.16. The number of nitrogens with one attached hydrogen (secondary N) is 2. The molecular weight excluding hydrogens is 240 g/mol. The van der Waals surface area contributed by atoms with Gasteiger partial charge < -0.3 is 16.0 Å². The van der Waals surface area contributed by atoms with E-state index in [1.807, 2.05) is 0 Å². The van der Waals surface area contributed by atoms with Gasteiger partial charge in [-0.2, -0.15) is 0 Å². The number of aromatic nitrogens is 2. The molecule has 17 heavy (non-hydrogen) atoms. The summed E-state index contributed by atoms with van der Waals surface area (Å²) >= 11 is 5.85. The summed E-state index contributed by atoms with van der Waals surface area (Å²) in [5, 5.41) is 3.26. The Balaban J connectivity index is 1.90. The highest BCUT2D eigenvalue weighted by molar-refractivity contribution is 6.32. The molecule has 5 nitrogen and oxygen atoms in total. The minimum absolute atomic E-state index is 0.125. The van der Waals surface area contributed by atoms with Crippen LogP contribution in [0.5, 0.6) is 0 Å². The van der Waals surface area contributed by atoms with Crippen molar-refractivity contribution in [3.05, 3.63) is 21.7 Å². The van der Waals surface area contributed by atoms with E-state index < -0.39 is 0 Å². The lowest BCUT2D eigenvalue weighted by atomic mass is 9.86. The molecule has 1 aromatic heterocycles. The zero-order valence-electron chi connectivity index (χ0n) is 9.58. The van der Waals surface area contributed by atoms with E-state index in [-0.39, 0.29) is 10.6 Å². The van der Waals surface area contributed by atoms with E-state index >= 15 is 0 Å². The Morgan fingerprint density at radius 2 is 2.18 bits per heavy atom. The van der Waals surface area contributed by atoms with Crippen molar-refractivity contribution in [3.8, 4) is 0 Å². The lowest BCUT2D eigenvalue weighted by Gasteiger charge is -2.26. The zero-order chi connectivity index (χ0) is 12.3. The number of rotatable bonds is 3. The molecule has 0 unspecified atom stereocenters. The van der Waals surface area contributed by atoms with E-state index in [9.17, 15) is 4.79 Å². The van der Waals surface area contributed by atoms with E-state index in [0.717, 1.165) is 32.2 Å². The number of halogens is 1. The summed E-state index contributed by atoms with van der Waals surface area (Å²) in [4.78, 5) is 17.7. The molecule has 1 saturated carbocycles. The zero-order valence-corrected chi connectivity index (χ0v) is 10.3. The molecule has 0 spiro atoms. The first-order valence-electron chi connectivity index (χ1n) is 5.89. The summed E-state index contributed by atoms with van der Waals surface area (Å²) in [6.07, 6.45) is 5.74. The maximum Gasteiger partial charge on any atom is 0.271 e. The van der Waals surface area contributed by atoms with Crippen LogP contribution >= 0.6 is 11.6 Å². The molecule has 94 valence electrons. The van der Waals surface area contributed by atoms with Gasteiger partial charge in [0.15, 0.2) is 5.82 Å². The van der Waals surface area contributed by atoms with Crippen molar-refractivity contribution in [2.75, 3.05) is 11.9 Å². The highest BCUT2D eigenvalue weighted by Crippen LogP contribution is 2.23. The molecular formula is C11H17ClN4O. The van der Waals surface area contributed by atoms with Crippen LogP contribution in [0.25, 0.3) is 0 Å². The first kappa shape index (κ1) is 12.4. The first-order valence-corrected chi connectivity index (χ1v) is 6.27. The maximum atomic E-state index is 11.2. The standard InChI is InChI=1S/C11H17ClN4O/c12-9-10(15-6-16-11(9)17)14-5-7-1-3-8(13)4-2-7/h6-8H,1-5,13H2,(H2,14,15,16,17). The van der Waals surface area contributed by atoms with Crippen LogP contribution in [0, 0.1) is 5.92 Å². The van der Waals surface area contributed by atoms with Crippen LogP contribution in [-0.4, -0.2) is 22.6 Å². The molecule has 0 aromatic carbocycles. The second kappa shape index (κ2) is 5.51. The summed E-state index contributed by atoms with van der Waals surface area (Å²) < 4.78 is 0. The Labute approximate surface area is 105 Å². The van der Waals surface area contributed by atoms with Gasteiger partial charge in [-0.1, -0.05) is 11.6 Å². The van der Waals surface area contributed by atoms with Gasteiger partial charge >= 0.3 is 0 Å². The fourth-order valence-corrected chi connectivity index (χ4v) is 2.31. The molecule has 0 atom stereocenters. The van der Waals surface area contributed by atoms with Gasteiger partial charge in [-0.05, 0) is 31.6 Å². The van der Waals surface area contributed by atoms with Crippen LogP contribution in [0.1, 0.15) is 25.7 Å². The molecule has 2 rings (SSSR count). The summed E-state index contributed by atoms with van der Waals surface area (Å²) in [5.74, 6) is 1.05. The summed E-state index contributed by atoms with van der Waals surface area (Å²) in [6.45, 7) is 0.795. The SMILES string of the molecule is NC1CCC(CNc2nc[nH]c(=O)c2Cl)CC1. The van der Waals surface area contributed by atoms with Crippen molar-refractivity contribution in [3.63, 3.8) is 0 Å². The number of hydrogen-bond acceptors (Lipinski definition) is 4. The smallest absolute Gasteiger partial charge is 0.271 e. The van der Waals surface area contributed by atoms with Crippen LogP contribution in [0.3, 0.4) is 0 Å². The number of nitrogens with two attached hydrogens (primary N) is 1. The van der Waals surface area contributed by atoms with E-state index in [0.29, 0.717) is 17.8 Å². The van der Waals surface area contributed by atoms with Crippen LogP contribution in [-0.2, 0) is 0 Å². The van der Waals surface area contributed by atoms with Gasteiger partial charge in [0.05, 0.1) is 6.33 Å². The Morgan fingerprint density at radius 3 is 2.88 bits per heavy atom. The van der Waals surface area contributed by atoms with Crippen molar-refractivity contribution < 1.29 is 0 Å². The van der Waals surface area contributed by atoms with Crippen LogP contribution in [0.4, 0.5) is 5.82 Å². The van der Waals surface area contributed by atoms with Crippen molar-refractivity contribution in [2.45, 2.75) is 31.7 Å². The van der Waals surface area contributed by atoms with Crippen LogP contribution in [0.2, 0.25) is 5.02 Å². The molecule has 4 N–H and O–H groups in total. The number of H-pyrrole nitrogens is 1. The van der Waals surface area contributed by atoms with E-state index in [2.05, 4.69) is 15.3 Å². The fourth-order valence-electron chi connectivity index (χ4n) is 2.14. The lowest BCUT2D eigenvalue weighted by molar-refractivity contribution is 0.338. The molecule has 1 aliphatic rings. The molecule has 1 heterocycles. The third kappa shape index (κ3) is 3.20. The second-order valence-corrected chi connectivity index (χ2v) is 4.93. The van der Waals surface area contributed by atoms with Crippen LogP contribution in [0.15, 0.2) is 11.1 Å². The highest BCUT2D eigenvalue weighted by Gasteiger charge is 2.18. The Kier molecular flexibility index (Phi) is 4.02. The van der Waals surface area contributed by atoms with Gasteiger partial charge in [-0.25, -0.2) is 4.98 Å². The molecule has 0 radical (unpaired) electrons. The van der Waals surface area contributed by atoms with Gasteiger partial charge in [-0.15, -0.1) is 0 Å². The van der Waals surface area contributed by atoms with Crippen molar-refractivity contribution in [1.29, 1.82) is 0 Å². The molecule has 1 aromatic rings. The molecule has 6 heteroatoms. The topological polar surface area (TPSA) is 83.8 Å². The Bertz CT molecular complexity index is 426. The predicted molar refractivity (Wildman–Crippen MR) is 68.3 cm³/mol. The molecule has 1 aliphatic carbocycles. The van der Waals surface area contributed by atoms with Crippen LogP contribution < -0.4 is 16.6 Å². The lowest BCUT2D eigenvalue weighted by Crippen LogP contribution is -2.29. The van der Waals surface area contributed by atoms with Crippen molar-refractivity contribution in [2.24, 2.45) is 11.7 Å². The number of nitrogens with zero attached hydrogens (tertiary/aromatic N) is 1. The van der Waals surface area contributed by atoms with E-state index in [1.54, 1.807) is 0 Å².